The van der Waals surface area contributed by atoms with Crippen LogP contribution >= 0.6 is 0 Å². The van der Waals surface area contributed by atoms with Gasteiger partial charge in [-0.3, -0.25) is 0 Å². The Morgan fingerprint density at radius 3 is 3.07 bits per heavy atom. The van der Waals surface area contributed by atoms with Gasteiger partial charge in [-0.05, 0) is 38.8 Å². The summed E-state index contributed by atoms with van der Waals surface area (Å²) in [6.45, 7) is 1.81. The molecule has 2 heterocycles. The van der Waals surface area contributed by atoms with Crippen molar-refractivity contribution in [2.45, 2.75) is 44.2 Å². The molecule has 0 amide bonds. The van der Waals surface area contributed by atoms with E-state index in [0.29, 0.717) is 12.1 Å². The van der Waals surface area contributed by atoms with Crippen LogP contribution in [0.2, 0.25) is 0 Å². The molecule has 0 aliphatic carbocycles. The van der Waals surface area contributed by atoms with Crippen LogP contribution in [0.5, 0.6) is 0 Å². The van der Waals surface area contributed by atoms with Crippen molar-refractivity contribution in [3.63, 3.8) is 0 Å². The highest BCUT2D eigenvalue weighted by atomic mass is 16.5. The van der Waals surface area contributed by atoms with Crippen LogP contribution in [-0.2, 0) is 9.47 Å². The predicted molar refractivity (Wildman–Crippen MR) is 59.7 cm³/mol. The van der Waals surface area contributed by atoms with Crippen molar-refractivity contribution in [3.05, 3.63) is 11.8 Å². The summed E-state index contributed by atoms with van der Waals surface area (Å²) in [5.74, 6) is 1.13. The SMILES string of the molecule is CNC(CCC1CCCO1)C1=CCCO1. The van der Waals surface area contributed by atoms with Crippen molar-refractivity contribution < 1.29 is 9.47 Å². The molecule has 2 unspecified atom stereocenters. The molecule has 15 heavy (non-hydrogen) atoms. The number of likely N-dealkylation sites (N-methyl/N-ethyl adjacent to an activating group) is 1. The van der Waals surface area contributed by atoms with E-state index in [2.05, 4.69) is 11.4 Å². The van der Waals surface area contributed by atoms with Crippen LogP contribution in [0.25, 0.3) is 0 Å². The lowest BCUT2D eigenvalue weighted by Gasteiger charge is -2.19. The van der Waals surface area contributed by atoms with Gasteiger partial charge in [0.2, 0.25) is 0 Å². The lowest BCUT2D eigenvalue weighted by atomic mass is 10.0. The first-order chi connectivity index (χ1) is 7.40. The van der Waals surface area contributed by atoms with Gasteiger partial charge in [-0.15, -0.1) is 0 Å². The minimum Gasteiger partial charge on any atom is -0.496 e. The lowest BCUT2D eigenvalue weighted by molar-refractivity contribution is 0.0983. The van der Waals surface area contributed by atoms with Crippen LogP contribution in [-0.4, -0.2) is 32.4 Å². The third kappa shape index (κ3) is 2.95. The summed E-state index contributed by atoms with van der Waals surface area (Å²) < 4.78 is 11.2. The van der Waals surface area contributed by atoms with Gasteiger partial charge in [-0.25, -0.2) is 0 Å². The van der Waals surface area contributed by atoms with Gasteiger partial charge in [-0.1, -0.05) is 0 Å². The van der Waals surface area contributed by atoms with E-state index in [1.165, 1.54) is 12.8 Å². The maximum Gasteiger partial charge on any atom is 0.109 e. The molecular weight excluding hydrogens is 190 g/mol. The molecule has 2 aliphatic heterocycles. The zero-order valence-electron chi connectivity index (χ0n) is 9.50. The van der Waals surface area contributed by atoms with Gasteiger partial charge in [0.15, 0.2) is 0 Å². The van der Waals surface area contributed by atoms with Crippen LogP contribution in [0.3, 0.4) is 0 Å². The van der Waals surface area contributed by atoms with Gasteiger partial charge < -0.3 is 14.8 Å². The second kappa shape index (κ2) is 5.52. The fraction of sp³-hybridized carbons (Fsp3) is 0.833. The van der Waals surface area contributed by atoms with E-state index in [1.807, 2.05) is 7.05 Å². The molecule has 0 aromatic carbocycles. The van der Waals surface area contributed by atoms with E-state index in [9.17, 15) is 0 Å². The molecule has 2 rings (SSSR count). The second-order valence-electron chi connectivity index (χ2n) is 4.30. The third-order valence-corrected chi connectivity index (χ3v) is 3.23. The monoisotopic (exact) mass is 211 g/mol. The topological polar surface area (TPSA) is 30.5 Å². The molecule has 0 spiro atoms. The number of hydrogen-bond donors (Lipinski definition) is 1. The van der Waals surface area contributed by atoms with E-state index < -0.39 is 0 Å². The van der Waals surface area contributed by atoms with E-state index >= 15 is 0 Å². The van der Waals surface area contributed by atoms with Gasteiger partial charge in [0, 0.05) is 13.0 Å². The Balaban J connectivity index is 1.74. The Hall–Kier alpha value is -0.540. The molecule has 2 atom stereocenters. The van der Waals surface area contributed by atoms with E-state index in [4.69, 9.17) is 9.47 Å². The van der Waals surface area contributed by atoms with Crippen molar-refractivity contribution in [3.8, 4) is 0 Å². The van der Waals surface area contributed by atoms with Crippen molar-refractivity contribution in [1.82, 2.24) is 5.32 Å². The molecule has 86 valence electrons. The average Bonchev–Trinajstić information content (AvgIpc) is 2.90. The molecular formula is C12H21NO2. The summed E-state index contributed by atoms with van der Waals surface area (Å²) in [5, 5.41) is 3.32. The molecule has 2 aliphatic rings. The fourth-order valence-electron chi connectivity index (χ4n) is 2.33. The third-order valence-electron chi connectivity index (χ3n) is 3.23. The molecule has 3 nitrogen and oxygen atoms in total. The molecule has 1 fully saturated rings. The van der Waals surface area contributed by atoms with Crippen molar-refractivity contribution >= 4 is 0 Å². The molecule has 1 N–H and O–H groups in total. The number of ether oxygens (including phenoxy) is 2. The van der Waals surface area contributed by atoms with E-state index in [0.717, 1.165) is 38.2 Å². The summed E-state index contributed by atoms with van der Waals surface area (Å²) in [6.07, 6.45) is 8.48. The Bertz CT molecular complexity index is 222. The summed E-state index contributed by atoms with van der Waals surface area (Å²) in [7, 11) is 2.00. The van der Waals surface area contributed by atoms with E-state index in [-0.39, 0.29) is 0 Å². The van der Waals surface area contributed by atoms with Gasteiger partial charge in [0.1, 0.15) is 5.76 Å². The molecule has 0 aromatic heterocycles. The normalized spacial score (nSPS) is 27.5. The summed E-state index contributed by atoms with van der Waals surface area (Å²) in [4.78, 5) is 0. The maximum absolute atomic E-state index is 5.62. The van der Waals surface area contributed by atoms with Crippen LogP contribution in [0.4, 0.5) is 0 Å². The summed E-state index contributed by atoms with van der Waals surface area (Å²) in [6, 6.07) is 0.386. The Morgan fingerprint density at radius 2 is 2.47 bits per heavy atom. The van der Waals surface area contributed by atoms with Crippen molar-refractivity contribution in [1.29, 1.82) is 0 Å². The van der Waals surface area contributed by atoms with E-state index in [1.54, 1.807) is 0 Å². The van der Waals surface area contributed by atoms with Crippen molar-refractivity contribution in [2.75, 3.05) is 20.3 Å². The number of hydrogen-bond acceptors (Lipinski definition) is 3. The smallest absolute Gasteiger partial charge is 0.109 e. The molecule has 0 saturated carbocycles. The molecule has 0 aromatic rings. The van der Waals surface area contributed by atoms with Gasteiger partial charge in [0.25, 0.3) is 0 Å². The molecule has 1 saturated heterocycles. The highest BCUT2D eigenvalue weighted by molar-refractivity contribution is 5.06. The second-order valence-corrected chi connectivity index (χ2v) is 4.30. The highest BCUT2D eigenvalue weighted by Gasteiger charge is 2.21. The lowest BCUT2D eigenvalue weighted by Crippen LogP contribution is -2.28. The first-order valence-corrected chi connectivity index (χ1v) is 6.02. The Morgan fingerprint density at radius 1 is 1.53 bits per heavy atom. The number of nitrogens with one attached hydrogen (secondary N) is 1. The Labute approximate surface area is 91.8 Å². The minimum absolute atomic E-state index is 0.386. The first-order valence-electron chi connectivity index (χ1n) is 6.02. The highest BCUT2D eigenvalue weighted by Crippen LogP contribution is 2.21. The van der Waals surface area contributed by atoms with Crippen LogP contribution in [0.15, 0.2) is 11.8 Å². The van der Waals surface area contributed by atoms with Crippen LogP contribution in [0, 0.1) is 0 Å². The number of rotatable bonds is 5. The quantitative estimate of drug-likeness (QED) is 0.752. The predicted octanol–water partition coefficient (Wildman–Crippen LogP) is 1.84. The Kier molecular flexibility index (Phi) is 4.03. The van der Waals surface area contributed by atoms with Crippen LogP contribution in [0.1, 0.15) is 32.1 Å². The zero-order chi connectivity index (χ0) is 10.5. The van der Waals surface area contributed by atoms with Gasteiger partial charge in [-0.2, -0.15) is 0 Å². The van der Waals surface area contributed by atoms with Gasteiger partial charge in [0.05, 0.1) is 18.8 Å². The minimum atomic E-state index is 0.386. The summed E-state index contributed by atoms with van der Waals surface area (Å²) in [5.41, 5.74) is 0. The van der Waals surface area contributed by atoms with Crippen LogP contribution < -0.4 is 5.32 Å². The standard InChI is InChI=1S/C12H21NO2/c1-13-11(12-5-3-9-15-12)7-6-10-4-2-8-14-10/h5,10-11,13H,2-4,6-9H2,1H3. The molecule has 3 heteroatoms. The summed E-state index contributed by atoms with van der Waals surface area (Å²) >= 11 is 0. The molecule has 0 radical (unpaired) electrons. The largest absolute Gasteiger partial charge is 0.496 e. The first kappa shape index (κ1) is 11.0. The molecule has 0 bridgehead atoms. The zero-order valence-corrected chi connectivity index (χ0v) is 9.50. The maximum atomic E-state index is 5.62. The fourth-order valence-corrected chi connectivity index (χ4v) is 2.33. The van der Waals surface area contributed by atoms with Gasteiger partial charge >= 0.3 is 0 Å². The average molecular weight is 211 g/mol. The van der Waals surface area contributed by atoms with Crippen molar-refractivity contribution in [2.24, 2.45) is 0 Å².